The second-order valence-electron chi connectivity index (χ2n) is 3.34. The molecular formula is C11H18N2O. The summed E-state index contributed by atoms with van der Waals surface area (Å²) in [4.78, 5) is 0. The van der Waals surface area contributed by atoms with Crippen LogP contribution in [0.15, 0.2) is 24.3 Å². The van der Waals surface area contributed by atoms with E-state index in [4.69, 9.17) is 5.11 Å². The molecule has 2 rings (SSSR count). The lowest BCUT2D eigenvalue weighted by Crippen LogP contribution is -2.39. The van der Waals surface area contributed by atoms with Crippen LogP contribution in [0.4, 0.5) is 0 Å². The predicted octanol–water partition coefficient (Wildman–Crippen LogP) is 0.880. The molecule has 0 amide bonds. The summed E-state index contributed by atoms with van der Waals surface area (Å²) in [6, 6.07) is 7.09. The number of hydrogen-bond donors (Lipinski definition) is 3. The summed E-state index contributed by atoms with van der Waals surface area (Å²) in [6.07, 6.45) is 0. The van der Waals surface area contributed by atoms with Crippen molar-refractivity contribution in [3.8, 4) is 5.75 Å². The first-order chi connectivity index (χ1) is 6.79. The predicted molar refractivity (Wildman–Crippen MR) is 58.6 cm³/mol. The average Bonchev–Trinajstić information content (AvgIpc) is 2.26. The molecule has 0 unspecified atom stereocenters. The maximum absolute atomic E-state index is 8.76. The molecule has 1 saturated heterocycles. The van der Waals surface area contributed by atoms with Crippen molar-refractivity contribution < 1.29 is 5.11 Å². The summed E-state index contributed by atoms with van der Waals surface area (Å²) in [5.74, 6) is 0.329. The summed E-state index contributed by atoms with van der Waals surface area (Å²) in [5, 5.41) is 15.2. The normalized spacial score (nSPS) is 15.5. The molecule has 78 valence electrons. The molecule has 0 radical (unpaired) electrons. The van der Waals surface area contributed by atoms with Gasteiger partial charge in [-0.1, -0.05) is 17.7 Å². The standard InChI is InChI=1S/C7H8O.C4H10N2/c1-6-2-4-7(8)5-3-6;1-2-6-4-3-5-1/h2-5,8H,1H3;5-6H,1-4H2. The third kappa shape index (κ3) is 4.84. The smallest absolute Gasteiger partial charge is 0.115 e. The van der Waals surface area contributed by atoms with E-state index >= 15 is 0 Å². The van der Waals surface area contributed by atoms with Crippen molar-refractivity contribution in [3.63, 3.8) is 0 Å². The van der Waals surface area contributed by atoms with Crippen LogP contribution in [0.25, 0.3) is 0 Å². The van der Waals surface area contributed by atoms with Crippen LogP contribution in [0.3, 0.4) is 0 Å². The highest BCUT2D eigenvalue weighted by atomic mass is 16.3. The van der Waals surface area contributed by atoms with Crippen LogP contribution in [0.1, 0.15) is 5.56 Å². The molecular weight excluding hydrogens is 176 g/mol. The Bertz CT molecular complexity index is 209. The Balaban J connectivity index is 0.000000146. The summed E-state index contributed by atoms with van der Waals surface area (Å²) in [5.41, 5.74) is 1.17. The Kier molecular flexibility index (Phi) is 5.04. The molecule has 1 aliphatic rings. The summed E-state index contributed by atoms with van der Waals surface area (Å²) >= 11 is 0. The highest BCUT2D eigenvalue weighted by Crippen LogP contribution is 2.07. The van der Waals surface area contributed by atoms with Crippen LogP contribution >= 0.6 is 0 Å². The van der Waals surface area contributed by atoms with Crippen LogP contribution in [-0.2, 0) is 0 Å². The maximum Gasteiger partial charge on any atom is 0.115 e. The van der Waals surface area contributed by atoms with Crippen molar-refractivity contribution in [1.29, 1.82) is 0 Å². The molecule has 3 nitrogen and oxygen atoms in total. The van der Waals surface area contributed by atoms with Gasteiger partial charge in [0.2, 0.25) is 0 Å². The fourth-order valence-corrected chi connectivity index (χ4v) is 1.15. The van der Waals surface area contributed by atoms with Crippen molar-refractivity contribution in [1.82, 2.24) is 10.6 Å². The number of aromatic hydroxyl groups is 1. The van der Waals surface area contributed by atoms with Crippen molar-refractivity contribution in [3.05, 3.63) is 29.8 Å². The largest absolute Gasteiger partial charge is 0.508 e. The van der Waals surface area contributed by atoms with Crippen molar-refractivity contribution in [2.75, 3.05) is 26.2 Å². The summed E-state index contributed by atoms with van der Waals surface area (Å²) in [6.45, 7) is 6.54. The molecule has 1 fully saturated rings. The molecule has 14 heavy (non-hydrogen) atoms. The Morgan fingerprint density at radius 2 is 1.36 bits per heavy atom. The van der Waals surface area contributed by atoms with Crippen molar-refractivity contribution >= 4 is 0 Å². The van der Waals surface area contributed by atoms with Gasteiger partial charge < -0.3 is 15.7 Å². The SMILES string of the molecule is C1CNCCN1.Cc1ccc(O)cc1. The van der Waals surface area contributed by atoms with Gasteiger partial charge in [0.15, 0.2) is 0 Å². The lowest BCUT2D eigenvalue weighted by Gasteiger charge is -2.11. The molecule has 1 heterocycles. The average molecular weight is 194 g/mol. The van der Waals surface area contributed by atoms with Gasteiger partial charge in [-0.05, 0) is 19.1 Å². The van der Waals surface area contributed by atoms with E-state index in [1.165, 1.54) is 5.56 Å². The van der Waals surface area contributed by atoms with Crippen LogP contribution in [0.2, 0.25) is 0 Å². The molecule has 0 bridgehead atoms. The van der Waals surface area contributed by atoms with Gasteiger partial charge in [-0.3, -0.25) is 0 Å². The molecule has 0 spiro atoms. The van der Waals surface area contributed by atoms with E-state index in [0.717, 1.165) is 26.2 Å². The van der Waals surface area contributed by atoms with Gasteiger partial charge in [0, 0.05) is 26.2 Å². The first-order valence-electron chi connectivity index (χ1n) is 4.96. The quantitative estimate of drug-likeness (QED) is 0.574. The maximum atomic E-state index is 8.76. The number of benzene rings is 1. The number of aryl methyl sites for hydroxylation is 1. The lowest BCUT2D eigenvalue weighted by molar-refractivity contribution is 0.475. The number of rotatable bonds is 0. The Hall–Kier alpha value is -1.06. The lowest BCUT2D eigenvalue weighted by atomic mass is 10.2. The zero-order valence-electron chi connectivity index (χ0n) is 8.59. The van der Waals surface area contributed by atoms with Gasteiger partial charge in [0.25, 0.3) is 0 Å². The monoisotopic (exact) mass is 194 g/mol. The molecule has 0 saturated carbocycles. The van der Waals surface area contributed by atoms with Gasteiger partial charge >= 0.3 is 0 Å². The fraction of sp³-hybridized carbons (Fsp3) is 0.455. The number of phenols is 1. The minimum Gasteiger partial charge on any atom is -0.508 e. The highest BCUT2D eigenvalue weighted by Gasteiger charge is 1.91. The minimum atomic E-state index is 0.329. The zero-order valence-corrected chi connectivity index (χ0v) is 8.59. The van der Waals surface area contributed by atoms with Crippen LogP contribution in [-0.4, -0.2) is 31.3 Å². The van der Waals surface area contributed by atoms with E-state index in [0.29, 0.717) is 5.75 Å². The van der Waals surface area contributed by atoms with Crippen LogP contribution in [0, 0.1) is 6.92 Å². The van der Waals surface area contributed by atoms with E-state index < -0.39 is 0 Å². The summed E-state index contributed by atoms with van der Waals surface area (Å²) in [7, 11) is 0. The highest BCUT2D eigenvalue weighted by molar-refractivity contribution is 5.24. The Morgan fingerprint density at radius 1 is 0.929 bits per heavy atom. The molecule has 0 aromatic heterocycles. The Morgan fingerprint density at radius 3 is 1.64 bits per heavy atom. The summed E-state index contributed by atoms with van der Waals surface area (Å²) < 4.78 is 0. The van der Waals surface area contributed by atoms with Crippen molar-refractivity contribution in [2.45, 2.75) is 6.92 Å². The second kappa shape index (κ2) is 6.40. The topological polar surface area (TPSA) is 44.3 Å². The second-order valence-corrected chi connectivity index (χ2v) is 3.34. The van der Waals surface area contributed by atoms with Gasteiger partial charge in [-0.15, -0.1) is 0 Å². The van der Waals surface area contributed by atoms with Crippen molar-refractivity contribution in [2.24, 2.45) is 0 Å². The number of piperazine rings is 1. The number of phenolic OH excluding ortho intramolecular Hbond substituents is 1. The first kappa shape index (κ1) is 11.0. The van der Waals surface area contributed by atoms with Gasteiger partial charge in [0.1, 0.15) is 5.75 Å². The third-order valence-corrected chi connectivity index (χ3v) is 1.99. The fourth-order valence-electron chi connectivity index (χ4n) is 1.15. The van der Waals surface area contributed by atoms with E-state index in [2.05, 4.69) is 10.6 Å². The minimum absolute atomic E-state index is 0.329. The van der Waals surface area contributed by atoms with Gasteiger partial charge in [-0.25, -0.2) is 0 Å². The van der Waals surface area contributed by atoms with E-state index in [1.807, 2.05) is 19.1 Å². The zero-order chi connectivity index (χ0) is 10.2. The molecule has 3 heteroatoms. The van der Waals surface area contributed by atoms with Gasteiger partial charge in [0.05, 0.1) is 0 Å². The molecule has 1 aliphatic heterocycles. The molecule has 0 atom stereocenters. The molecule has 3 N–H and O–H groups in total. The number of nitrogens with one attached hydrogen (secondary N) is 2. The molecule has 0 aliphatic carbocycles. The Labute approximate surface area is 85.2 Å². The molecule has 1 aromatic carbocycles. The van der Waals surface area contributed by atoms with E-state index in [9.17, 15) is 0 Å². The van der Waals surface area contributed by atoms with Gasteiger partial charge in [-0.2, -0.15) is 0 Å². The van der Waals surface area contributed by atoms with E-state index in [-0.39, 0.29) is 0 Å². The molecule has 1 aromatic rings. The number of hydrogen-bond acceptors (Lipinski definition) is 3. The van der Waals surface area contributed by atoms with E-state index in [1.54, 1.807) is 12.1 Å². The first-order valence-corrected chi connectivity index (χ1v) is 4.96. The van der Waals surface area contributed by atoms with Crippen LogP contribution in [0.5, 0.6) is 5.75 Å². The third-order valence-electron chi connectivity index (χ3n) is 1.99. The van der Waals surface area contributed by atoms with Crippen LogP contribution < -0.4 is 10.6 Å².